The number of rotatable bonds is 43. The van der Waals surface area contributed by atoms with Gasteiger partial charge in [0.15, 0.2) is 0 Å². The van der Waals surface area contributed by atoms with Crippen molar-refractivity contribution in [1.29, 1.82) is 0 Å². The monoisotopic (exact) mass is 877 g/mol. The first-order valence-corrected chi connectivity index (χ1v) is 27.2. The molecule has 0 amide bonds. The summed E-state index contributed by atoms with van der Waals surface area (Å²) in [7, 11) is -9.27. The minimum Gasteiger partial charge on any atom is -0.394 e. The van der Waals surface area contributed by atoms with Gasteiger partial charge in [-0.2, -0.15) is 4.31 Å². The van der Waals surface area contributed by atoms with E-state index in [1.165, 1.54) is 186 Å². The van der Waals surface area contributed by atoms with Crippen LogP contribution in [-0.2, 0) is 22.5 Å². The molecule has 0 fully saturated rings. The summed E-state index contributed by atoms with van der Waals surface area (Å²) in [6.45, 7) is 8.11. The maximum atomic E-state index is 12.8. The Balaban J connectivity index is -0.00000198. The molecule has 0 aliphatic rings. The average Bonchev–Trinajstić information content (AvgIpc) is 3.19. The van der Waals surface area contributed by atoms with Gasteiger partial charge in [0.05, 0.1) is 26.4 Å². The molecule has 0 saturated carbocycles. The van der Waals surface area contributed by atoms with E-state index in [-0.39, 0.29) is 13.2 Å². The highest BCUT2D eigenvalue weighted by molar-refractivity contribution is 7.61. The van der Waals surface area contributed by atoms with Gasteiger partial charge in [-0.05, 0) is 12.8 Å². The van der Waals surface area contributed by atoms with E-state index in [0.29, 0.717) is 12.8 Å². The molecule has 2 atom stereocenters. The topological polar surface area (TPSA) is 183 Å². The Morgan fingerprint density at radius 2 is 0.569 bits per heavy atom. The van der Waals surface area contributed by atoms with Crippen molar-refractivity contribution in [2.24, 2.45) is 0 Å². The molecule has 0 aromatic heterocycles. The summed E-state index contributed by atoms with van der Waals surface area (Å²) < 4.78 is 39.1. The lowest BCUT2D eigenvalue weighted by Crippen LogP contribution is -2.31. The fourth-order valence-corrected chi connectivity index (χ4v) is 8.66. The first-order valence-electron chi connectivity index (χ1n) is 24.2. The van der Waals surface area contributed by atoms with Crippen LogP contribution >= 0.6 is 15.6 Å². The molecule has 0 saturated heterocycles. The third-order valence-corrected chi connectivity index (χ3v) is 12.9. The number of aliphatic hydroxyl groups excluding tert-OH is 4. The Morgan fingerprint density at radius 3 is 0.741 bits per heavy atom. The van der Waals surface area contributed by atoms with E-state index in [9.17, 15) is 18.9 Å². The van der Waals surface area contributed by atoms with Crippen molar-refractivity contribution >= 4 is 15.6 Å². The van der Waals surface area contributed by atoms with Crippen LogP contribution in [0, 0.1) is 0 Å². The predicted octanol–water partition coefficient (Wildman–Crippen LogP) is 13.6. The van der Waals surface area contributed by atoms with E-state index in [2.05, 4.69) is 32.0 Å². The van der Waals surface area contributed by atoms with E-state index in [1.807, 2.05) is 0 Å². The fraction of sp³-hybridized carbons (Fsp3) is 1.00. The summed E-state index contributed by atoms with van der Waals surface area (Å²) in [6.07, 6.45) is 41.7. The Kier molecular flexibility index (Phi) is 53.5. The van der Waals surface area contributed by atoms with Crippen LogP contribution in [0.2, 0.25) is 0 Å². The molecule has 0 rings (SSSR count). The summed E-state index contributed by atoms with van der Waals surface area (Å²) >= 11 is 0. The molecular formula is C45H98O11P2. The first kappa shape index (κ1) is 62.4. The van der Waals surface area contributed by atoms with Gasteiger partial charge >= 0.3 is 15.6 Å². The van der Waals surface area contributed by atoms with Crippen molar-refractivity contribution in [3.8, 4) is 0 Å². The molecule has 6 N–H and O–H groups in total. The smallest absolute Gasteiger partial charge is 0.394 e. The van der Waals surface area contributed by atoms with Crippen molar-refractivity contribution in [2.45, 2.75) is 265 Å². The van der Waals surface area contributed by atoms with Gasteiger partial charge in [-0.3, -0.25) is 9.05 Å². The lowest BCUT2D eigenvalue weighted by molar-refractivity contribution is -0.0388. The Morgan fingerprint density at radius 1 is 0.362 bits per heavy atom. The molecular weight excluding hydrogens is 778 g/mol. The van der Waals surface area contributed by atoms with Crippen LogP contribution in [0.4, 0.5) is 0 Å². The van der Waals surface area contributed by atoms with Crippen LogP contribution in [0.5, 0.6) is 0 Å². The summed E-state index contributed by atoms with van der Waals surface area (Å²) in [5.74, 6) is 0. The summed E-state index contributed by atoms with van der Waals surface area (Å²) in [5, 5.41) is 33.2. The van der Waals surface area contributed by atoms with Gasteiger partial charge in [0, 0.05) is 0 Å². The molecule has 0 aliphatic carbocycles. The van der Waals surface area contributed by atoms with E-state index in [0.717, 1.165) is 25.7 Å². The quantitative estimate of drug-likeness (QED) is 0.0253. The molecule has 0 heterocycles. The molecule has 58 heavy (non-hydrogen) atoms. The van der Waals surface area contributed by atoms with Crippen LogP contribution in [0.3, 0.4) is 0 Å². The normalized spacial score (nSPS) is 12.8. The zero-order chi connectivity index (χ0) is 43.9. The highest BCUT2D eigenvalue weighted by atomic mass is 31.3. The molecule has 11 nitrogen and oxygen atoms in total. The highest BCUT2D eigenvalue weighted by Gasteiger charge is 2.35. The lowest BCUT2D eigenvalue weighted by atomic mass is 10.0. The summed E-state index contributed by atoms with van der Waals surface area (Å²) in [5.41, 5.74) is 0. The molecule has 0 aromatic rings. The Labute approximate surface area is 358 Å². The van der Waals surface area contributed by atoms with Crippen molar-refractivity contribution < 1.29 is 52.7 Å². The standard InChI is InChI=1S/C36H76O7P2.C5H12.C4H10O4/c1-3-5-7-9-11-13-15-17-19-21-23-25-27-29-31-33-35-41-45(40,43-44(37,38)39)42-36-34-32-30-28-26-24-22-20-18-16-14-12-10-8-6-4-2;1-3-5-4-2;5-1-3(7)4(8)2-6/h3-36H2,1-2H3,(H2,37,38,39);3-5H2,1-2H3;3-8H,1-2H2/t;;3-,4+. The predicted molar refractivity (Wildman–Crippen MR) is 243 cm³/mol. The minimum atomic E-state index is -4.99. The first-order chi connectivity index (χ1) is 28.0. The number of aliphatic hydroxyl groups is 4. The molecule has 354 valence electrons. The maximum Gasteiger partial charge on any atom is 0.483 e. The largest absolute Gasteiger partial charge is 0.483 e. The van der Waals surface area contributed by atoms with Crippen LogP contribution in [0.15, 0.2) is 0 Å². The maximum absolute atomic E-state index is 12.8. The van der Waals surface area contributed by atoms with Crippen molar-refractivity contribution in [1.82, 2.24) is 0 Å². The van der Waals surface area contributed by atoms with Gasteiger partial charge in [-0.25, -0.2) is 9.13 Å². The number of phosphoric ester groups is 1. The third-order valence-electron chi connectivity index (χ3n) is 10.2. The number of hydrogen-bond donors (Lipinski definition) is 6. The summed E-state index contributed by atoms with van der Waals surface area (Å²) in [6, 6.07) is 0. The Bertz CT molecular complexity index is 810. The van der Waals surface area contributed by atoms with Crippen LogP contribution in [-0.4, -0.2) is 68.8 Å². The number of hydrogen-bond acceptors (Lipinski definition) is 9. The van der Waals surface area contributed by atoms with E-state index < -0.39 is 41.1 Å². The van der Waals surface area contributed by atoms with Gasteiger partial charge in [-0.15, -0.1) is 0 Å². The van der Waals surface area contributed by atoms with Gasteiger partial charge < -0.3 is 30.2 Å². The van der Waals surface area contributed by atoms with Crippen molar-refractivity contribution in [3.05, 3.63) is 0 Å². The van der Waals surface area contributed by atoms with E-state index in [1.54, 1.807) is 0 Å². The zero-order valence-corrected chi connectivity index (χ0v) is 40.1. The number of unbranched alkanes of at least 4 members (excludes halogenated alkanes) is 32. The van der Waals surface area contributed by atoms with Gasteiger partial charge in [0.25, 0.3) is 0 Å². The molecule has 0 unspecified atom stereocenters. The molecule has 0 aliphatic heterocycles. The minimum absolute atomic E-state index is 0.106. The second-order valence-corrected chi connectivity index (χ2v) is 19.2. The summed E-state index contributed by atoms with van der Waals surface area (Å²) in [4.78, 5) is 18.4. The van der Waals surface area contributed by atoms with E-state index in [4.69, 9.17) is 29.5 Å². The molecule has 13 heteroatoms. The molecule has 0 bridgehead atoms. The second-order valence-electron chi connectivity index (χ2n) is 16.1. The average molecular weight is 877 g/mol. The third kappa shape index (κ3) is 54.1. The molecule has 0 spiro atoms. The van der Waals surface area contributed by atoms with Gasteiger partial charge in [0.1, 0.15) is 12.2 Å². The second kappa shape index (κ2) is 49.8. The lowest BCUT2D eigenvalue weighted by Gasteiger charge is -2.18. The molecule has 0 aromatic carbocycles. The van der Waals surface area contributed by atoms with Crippen molar-refractivity contribution in [2.75, 3.05) is 26.4 Å². The van der Waals surface area contributed by atoms with Gasteiger partial charge in [-0.1, -0.05) is 240 Å². The SMILES string of the molecule is CCCCC.CCCCCCCCCCCCCCCCCCOP(=O)(OCCCCCCCCCCCCCCCCCC)OP(=O)(O)O.OC[C@@H](O)[C@@H](O)CO. The fourth-order valence-electron chi connectivity index (χ4n) is 6.46. The van der Waals surface area contributed by atoms with Crippen LogP contribution in [0.1, 0.15) is 252 Å². The Hall–Kier alpha value is 0.100. The van der Waals surface area contributed by atoms with Crippen LogP contribution < -0.4 is 0 Å². The zero-order valence-electron chi connectivity index (χ0n) is 38.4. The van der Waals surface area contributed by atoms with E-state index >= 15 is 0 Å². The molecule has 0 radical (unpaired) electrons. The van der Waals surface area contributed by atoms with Gasteiger partial charge in [0.2, 0.25) is 0 Å². The number of phosphoric acid groups is 2. The van der Waals surface area contributed by atoms with Crippen LogP contribution in [0.25, 0.3) is 0 Å². The van der Waals surface area contributed by atoms with Crippen molar-refractivity contribution in [3.63, 3.8) is 0 Å². The highest BCUT2D eigenvalue weighted by Crippen LogP contribution is 2.61.